The molecule has 0 saturated carbocycles. The van der Waals surface area contributed by atoms with Crippen LogP contribution < -0.4 is 14.8 Å². The van der Waals surface area contributed by atoms with Gasteiger partial charge in [0.25, 0.3) is 5.91 Å². The van der Waals surface area contributed by atoms with Gasteiger partial charge in [-0.3, -0.25) is 4.79 Å². The van der Waals surface area contributed by atoms with Gasteiger partial charge in [0.1, 0.15) is 19.0 Å². The Balaban J connectivity index is 1.52. The molecule has 1 atom stereocenters. The van der Waals surface area contributed by atoms with Gasteiger partial charge < -0.3 is 23.9 Å². The van der Waals surface area contributed by atoms with Crippen LogP contribution in [0.25, 0.3) is 0 Å². The molecule has 0 saturated heterocycles. The molecule has 24 heavy (non-hydrogen) atoms. The lowest BCUT2D eigenvalue weighted by atomic mass is 10.2. The van der Waals surface area contributed by atoms with E-state index in [2.05, 4.69) is 5.32 Å². The monoisotopic (exact) mass is 331 g/mol. The number of esters is 1. The molecule has 2 heterocycles. The molecule has 1 aliphatic heterocycles. The first kappa shape index (κ1) is 15.9. The van der Waals surface area contributed by atoms with E-state index < -0.39 is 11.9 Å². The molecule has 126 valence electrons. The fraction of sp³-hybridized carbons (Fsp3) is 0.294. The number of amides is 1. The molecule has 1 aromatic carbocycles. The molecular formula is C17H17NO6. The van der Waals surface area contributed by atoms with E-state index in [1.165, 1.54) is 6.26 Å². The van der Waals surface area contributed by atoms with Crippen LogP contribution in [-0.4, -0.2) is 31.7 Å². The van der Waals surface area contributed by atoms with E-state index in [1.807, 2.05) is 0 Å². The first-order valence-corrected chi connectivity index (χ1v) is 7.53. The Hall–Kier alpha value is -2.96. The smallest absolute Gasteiger partial charge is 0.338 e. The Bertz CT molecular complexity index is 725. The highest BCUT2D eigenvalue weighted by Crippen LogP contribution is 2.30. The molecule has 3 rings (SSSR count). The summed E-state index contributed by atoms with van der Waals surface area (Å²) in [7, 11) is 0. The Kier molecular flexibility index (Phi) is 4.69. The Morgan fingerprint density at radius 2 is 2.00 bits per heavy atom. The van der Waals surface area contributed by atoms with Crippen molar-refractivity contribution >= 4 is 11.9 Å². The van der Waals surface area contributed by atoms with Crippen molar-refractivity contribution in [2.45, 2.75) is 13.0 Å². The van der Waals surface area contributed by atoms with Crippen LogP contribution in [0.15, 0.2) is 41.0 Å². The van der Waals surface area contributed by atoms with Crippen LogP contribution in [0.3, 0.4) is 0 Å². The zero-order valence-corrected chi connectivity index (χ0v) is 13.1. The van der Waals surface area contributed by atoms with Gasteiger partial charge in [-0.2, -0.15) is 0 Å². The van der Waals surface area contributed by atoms with Crippen molar-refractivity contribution < 1.29 is 28.2 Å². The maximum Gasteiger partial charge on any atom is 0.338 e. The Morgan fingerprint density at radius 3 is 2.75 bits per heavy atom. The maximum atomic E-state index is 12.0. The van der Waals surface area contributed by atoms with Gasteiger partial charge in [-0.05, 0) is 37.3 Å². The number of hydrogen-bond donors (Lipinski definition) is 1. The number of furan rings is 1. The summed E-state index contributed by atoms with van der Waals surface area (Å²) in [6, 6.07) is 7.94. The summed E-state index contributed by atoms with van der Waals surface area (Å²) in [6.45, 7) is 2.31. The fourth-order valence-corrected chi connectivity index (χ4v) is 2.28. The van der Waals surface area contributed by atoms with E-state index in [9.17, 15) is 9.59 Å². The zero-order valence-electron chi connectivity index (χ0n) is 13.1. The van der Waals surface area contributed by atoms with Gasteiger partial charge in [0.05, 0.1) is 17.9 Å². The molecule has 0 unspecified atom stereocenters. The molecule has 0 fully saturated rings. The fourth-order valence-electron chi connectivity index (χ4n) is 2.28. The van der Waals surface area contributed by atoms with E-state index in [0.29, 0.717) is 36.0 Å². The van der Waals surface area contributed by atoms with Crippen molar-refractivity contribution in [1.29, 1.82) is 0 Å². The second kappa shape index (κ2) is 7.08. The van der Waals surface area contributed by atoms with Gasteiger partial charge >= 0.3 is 5.97 Å². The molecule has 2 aromatic rings. The zero-order chi connectivity index (χ0) is 16.9. The first-order valence-electron chi connectivity index (χ1n) is 7.53. The van der Waals surface area contributed by atoms with Crippen molar-refractivity contribution in [3.8, 4) is 11.5 Å². The van der Waals surface area contributed by atoms with Crippen molar-refractivity contribution in [3.63, 3.8) is 0 Å². The number of ether oxygens (including phenoxy) is 3. The predicted molar refractivity (Wildman–Crippen MR) is 83.0 cm³/mol. The summed E-state index contributed by atoms with van der Waals surface area (Å²) in [6.07, 6.45) is 1.53. The summed E-state index contributed by atoms with van der Waals surface area (Å²) >= 11 is 0. The average molecular weight is 331 g/mol. The third kappa shape index (κ3) is 3.68. The third-order valence-electron chi connectivity index (χ3n) is 3.46. The van der Waals surface area contributed by atoms with Crippen molar-refractivity contribution in [3.05, 3.63) is 47.9 Å². The summed E-state index contributed by atoms with van der Waals surface area (Å²) in [5.74, 6) is 0.688. The van der Waals surface area contributed by atoms with Gasteiger partial charge in [-0.15, -0.1) is 0 Å². The first-order chi connectivity index (χ1) is 11.6. The summed E-state index contributed by atoms with van der Waals surface area (Å²) < 4.78 is 21.0. The minimum atomic E-state index is -0.604. The minimum Gasteiger partial charge on any atom is -0.486 e. The molecule has 1 amide bonds. The molecule has 1 N–H and O–H groups in total. The highest BCUT2D eigenvalue weighted by Gasteiger charge is 2.17. The summed E-state index contributed by atoms with van der Waals surface area (Å²) in [5, 5.41) is 2.68. The van der Waals surface area contributed by atoms with Crippen LogP contribution in [0.5, 0.6) is 11.5 Å². The van der Waals surface area contributed by atoms with Crippen LogP contribution >= 0.6 is 0 Å². The molecule has 1 aliphatic rings. The Morgan fingerprint density at radius 1 is 1.21 bits per heavy atom. The lowest BCUT2D eigenvalue weighted by Crippen LogP contribution is -2.31. The van der Waals surface area contributed by atoms with Gasteiger partial charge in [0.15, 0.2) is 18.1 Å². The molecule has 7 nitrogen and oxygen atoms in total. The van der Waals surface area contributed by atoms with Crippen LogP contribution in [0.1, 0.15) is 29.1 Å². The largest absolute Gasteiger partial charge is 0.486 e. The highest BCUT2D eigenvalue weighted by molar-refractivity contribution is 5.92. The van der Waals surface area contributed by atoms with E-state index in [4.69, 9.17) is 18.6 Å². The van der Waals surface area contributed by atoms with E-state index in [1.54, 1.807) is 37.3 Å². The second-order valence-electron chi connectivity index (χ2n) is 5.24. The quantitative estimate of drug-likeness (QED) is 0.844. The molecule has 0 radical (unpaired) electrons. The number of carbonyl (C=O) groups is 2. The molecule has 0 aliphatic carbocycles. The third-order valence-corrected chi connectivity index (χ3v) is 3.46. The second-order valence-corrected chi connectivity index (χ2v) is 5.24. The molecule has 1 aromatic heterocycles. The number of carbonyl (C=O) groups excluding carboxylic acids is 2. The normalized spacial score (nSPS) is 13.9. The molecule has 7 heteroatoms. The van der Waals surface area contributed by atoms with Gasteiger partial charge in [-0.25, -0.2) is 4.79 Å². The Labute approximate surface area is 138 Å². The lowest BCUT2D eigenvalue weighted by Gasteiger charge is -2.18. The minimum absolute atomic E-state index is 0.297. The van der Waals surface area contributed by atoms with Crippen LogP contribution in [0, 0.1) is 0 Å². The number of hydrogen-bond acceptors (Lipinski definition) is 6. The number of fused-ring (bicyclic) bond motifs is 1. The predicted octanol–water partition coefficient (Wildman–Crippen LogP) is 2.08. The standard InChI is InChI=1S/C17H17NO6/c1-11(13-3-2-6-21-13)18-16(19)10-24-17(20)12-4-5-14-15(9-12)23-8-7-22-14/h2-6,9,11H,7-8,10H2,1H3,(H,18,19)/t11-/m0/s1. The van der Waals surface area contributed by atoms with Crippen molar-refractivity contribution in [2.24, 2.45) is 0 Å². The van der Waals surface area contributed by atoms with Crippen LogP contribution in [0.2, 0.25) is 0 Å². The van der Waals surface area contributed by atoms with Crippen LogP contribution in [-0.2, 0) is 9.53 Å². The SMILES string of the molecule is C[C@H](NC(=O)COC(=O)c1ccc2c(c1)OCCO2)c1ccco1. The van der Waals surface area contributed by atoms with Gasteiger partial charge in [0, 0.05) is 0 Å². The highest BCUT2D eigenvalue weighted by atomic mass is 16.6. The van der Waals surface area contributed by atoms with Crippen molar-refractivity contribution in [2.75, 3.05) is 19.8 Å². The molecule has 0 bridgehead atoms. The number of nitrogens with one attached hydrogen (secondary N) is 1. The van der Waals surface area contributed by atoms with Gasteiger partial charge in [-0.1, -0.05) is 0 Å². The van der Waals surface area contributed by atoms with E-state index in [0.717, 1.165) is 0 Å². The lowest BCUT2D eigenvalue weighted by molar-refractivity contribution is -0.125. The summed E-state index contributed by atoms with van der Waals surface area (Å²) in [5.41, 5.74) is 0.297. The number of benzene rings is 1. The van der Waals surface area contributed by atoms with Gasteiger partial charge in [0.2, 0.25) is 0 Å². The molecular weight excluding hydrogens is 314 g/mol. The topological polar surface area (TPSA) is 87.0 Å². The molecule has 0 spiro atoms. The number of rotatable bonds is 5. The van der Waals surface area contributed by atoms with Crippen LogP contribution in [0.4, 0.5) is 0 Å². The maximum absolute atomic E-state index is 12.0. The summed E-state index contributed by atoms with van der Waals surface area (Å²) in [4.78, 5) is 23.9. The average Bonchev–Trinajstić information content (AvgIpc) is 3.14. The van der Waals surface area contributed by atoms with E-state index in [-0.39, 0.29) is 12.6 Å². The van der Waals surface area contributed by atoms with Crippen molar-refractivity contribution in [1.82, 2.24) is 5.32 Å². The van der Waals surface area contributed by atoms with E-state index >= 15 is 0 Å².